The molecule has 1 nitrogen and oxygen atoms in total. The second kappa shape index (κ2) is 6.98. The van der Waals surface area contributed by atoms with Gasteiger partial charge in [0.25, 0.3) is 0 Å². The Bertz CT molecular complexity index is 582. The van der Waals surface area contributed by atoms with Gasteiger partial charge in [-0.2, -0.15) is 13.2 Å². The number of aryl methyl sites for hydroxylation is 1. The van der Waals surface area contributed by atoms with Gasteiger partial charge in [-0.25, -0.2) is 0 Å². The first kappa shape index (κ1) is 15.9. The highest BCUT2D eigenvalue weighted by Crippen LogP contribution is 2.33. The van der Waals surface area contributed by atoms with Crippen LogP contribution in [0.25, 0.3) is 0 Å². The molecule has 0 atom stereocenters. The van der Waals surface area contributed by atoms with Crippen LogP contribution in [0.2, 0.25) is 0 Å². The molecule has 21 heavy (non-hydrogen) atoms. The number of hydrogen-bond acceptors (Lipinski definition) is 1. The van der Waals surface area contributed by atoms with Gasteiger partial charge in [0.1, 0.15) is 0 Å². The first-order valence-electron chi connectivity index (χ1n) is 6.61. The third kappa shape index (κ3) is 5.08. The van der Waals surface area contributed by atoms with E-state index in [9.17, 15) is 13.2 Å². The van der Waals surface area contributed by atoms with Crippen molar-refractivity contribution in [2.24, 2.45) is 0 Å². The molecule has 0 radical (unpaired) electrons. The topological polar surface area (TPSA) is 12.0 Å². The average molecular weight is 358 g/mol. The predicted molar refractivity (Wildman–Crippen MR) is 82.4 cm³/mol. The van der Waals surface area contributed by atoms with E-state index in [2.05, 4.69) is 21.2 Å². The second-order valence-corrected chi connectivity index (χ2v) is 5.66. The quantitative estimate of drug-likeness (QED) is 0.695. The fourth-order valence-corrected chi connectivity index (χ4v) is 2.52. The molecule has 0 aliphatic heterocycles. The van der Waals surface area contributed by atoms with Crippen LogP contribution in [0.5, 0.6) is 0 Å². The third-order valence-corrected chi connectivity index (χ3v) is 3.50. The second-order valence-electron chi connectivity index (χ2n) is 4.74. The zero-order chi connectivity index (χ0) is 15.3. The summed E-state index contributed by atoms with van der Waals surface area (Å²) in [7, 11) is 0. The summed E-state index contributed by atoms with van der Waals surface area (Å²) in [5.74, 6) is 0. The lowest BCUT2D eigenvalue weighted by atomic mass is 10.1. The van der Waals surface area contributed by atoms with E-state index in [-0.39, 0.29) is 0 Å². The first-order chi connectivity index (χ1) is 9.95. The molecule has 112 valence electrons. The van der Waals surface area contributed by atoms with Gasteiger partial charge in [0.05, 0.1) is 5.56 Å². The lowest BCUT2D eigenvalue weighted by Gasteiger charge is -2.12. The molecule has 0 heterocycles. The minimum atomic E-state index is -4.33. The van der Waals surface area contributed by atoms with Crippen LogP contribution in [-0.4, -0.2) is 6.54 Å². The molecule has 2 aromatic carbocycles. The van der Waals surface area contributed by atoms with Gasteiger partial charge in [-0.15, -0.1) is 0 Å². The number of alkyl halides is 3. The summed E-state index contributed by atoms with van der Waals surface area (Å²) in [6, 6.07) is 13.9. The molecule has 0 spiro atoms. The molecule has 0 fully saturated rings. The van der Waals surface area contributed by atoms with E-state index in [0.717, 1.165) is 25.0 Å². The van der Waals surface area contributed by atoms with Gasteiger partial charge in [-0.1, -0.05) is 46.3 Å². The lowest BCUT2D eigenvalue weighted by Crippen LogP contribution is -2.08. The molecule has 0 saturated heterocycles. The Labute approximate surface area is 130 Å². The zero-order valence-corrected chi connectivity index (χ0v) is 12.8. The van der Waals surface area contributed by atoms with Crippen LogP contribution in [0.1, 0.15) is 17.5 Å². The molecule has 0 aliphatic rings. The number of halogens is 4. The van der Waals surface area contributed by atoms with Crippen molar-refractivity contribution >= 4 is 21.6 Å². The maximum atomic E-state index is 12.7. The molecule has 5 heteroatoms. The van der Waals surface area contributed by atoms with Gasteiger partial charge in [0.2, 0.25) is 0 Å². The third-order valence-electron chi connectivity index (χ3n) is 3.04. The predicted octanol–water partition coefficient (Wildman–Crippen LogP) is 5.51. The highest BCUT2D eigenvalue weighted by Gasteiger charge is 2.31. The van der Waals surface area contributed by atoms with Gasteiger partial charge < -0.3 is 5.32 Å². The highest BCUT2D eigenvalue weighted by atomic mass is 79.9. The molecule has 1 N–H and O–H groups in total. The molecule has 0 amide bonds. The number of benzene rings is 2. The number of rotatable bonds is 5. The Morgan fingerprint density at radius 2 is 1.71 bits per heavy atom. The molecule has 0 aromatic heterocycles. The van der Waals surface area contributed by atoms with E-state index < -0.39 is 11.7 Å². The van der Waals surface area contributed by atoms with Crippen LogP contribution < -0.4 is 5.32 Å². The van der Waals surface area contributed by atoms with Crippen molar-refractivity contribution in [3.63, 3.8) is 0 Å². The SMILES string of the molecule is FC(F)(F)c1cc(Br)cc(NCCCc2ccccc2)c1. The Kier molecular flexibility index (Phi) is 5.28. The number of hydrogen-bond donors (Lipinski definition) is 1. The van der Waals surface area contributed by atoms with Crippen molar-refractivity contribution in [3.05, 3.63) is 64.1 Å². The largest absolute Gasteiger partial charge is 0.416 e. The summed E-state index contributed by atoms with van der Waals surface area (Å²) in [5.41, 5.74) is 1.05. The van der Waals surface area contributed by atoms with Crippen LogP contribution in [0.15, 0.2) is 53.0 Å². The maximum Gasteiger partial charge on any atom is 0.416 e. The van der Waals surface area contributed by atoms with E-state index >= 15 is 0 Å². The molecule has 2 rings (SSSR count). The van der Waals surface area contributed by atoms with Crippen molar-refractivity contribution in [2.75, 3.05) is 11.9 Å². The zero-order valence-electron chi connectivity index (χ0n) is 11.3. The van der Waals surface area contributed by atoms with Crippen molar-refractivity contribution in [2.45, 2.75) is 19.0 Å². The van der Waals surface area contributed by atoms with Crippen molar-refractivity contribution in [1.82, 2.24) is 0 Å². The van der Waals surface area contributed by atoms with Crippen molar-refractivity contribution < 1.29 is 13.2 Å². The fraction of sp³-hybridized carbons (Fsp3) is 0.250. The van der Waals surface area contributed by atoms with Gasteiger partial charge in [0, 0.05) is 16.7 Å². The van der Waals surface area contributed by atoms with Gasteiger partial charge >= 0.3 is 6.18 Å². The molecule has 0 bridgehead atoms. The lowest BCUT2D eigenvalue weighted by molar-refractivity contribution is -0.137. The molecular formula is C16H15BrF3N. The standard InChI is InChI=1S/C16H15BrF3N/c17-14-9-13(16(18,19)20)10-15(11-14)21-8-4-7-12-5-2-1-3-6-12/h1-3,5-6,9-11,21H,4,7-8H2. The van der Waals surface area contributed by atoms with E-state index in [0.29, 0.717) is 16.7 Å². The summed E-state index contributed by atoms with van der Waals surface area (Å²) in [6.07, 6.45) is -2.57. The molecule has 0 saturated carbocycles. The Morgan fingerprint density at radius 1 is 1.00 bits per heavy atom. The number of nitrogens with one attached hydrogen (secondary N) is 1. The van der Waals surface area contributed by atoms with Crippen LogP contribution in [0.3, 0.4) is 0 Å². The van der Waals surface area contributed by atoms with E-state index in [1.807, 2.05) is 30.3 Å². The van der Waals surface area contributed by atoms with E-state index in [1.54, 1.807) is 6.07 Å². The summed E-state index contributed by atoms with van der Waals surface area (Å²) in [4.78, 5) is 0. The van der Waals surface area contributed by atoms with Gasteiger partial charge in [-0.05, 0) is 36.6 Å². The minimum absolute atomic E-state index is 0.419. The molecule has 2 aromatic rings. The average Bonchev–Trinajstić information content (AvgIpc) is 2.43. The van der Waals surface area contributed by atoms with Crippen LogP contribution in [0.4, 0.5) is 18.9 Å². The Balaban J connectivity index is 1.90. The normalized spacial score (nSPS) is 11.4. The first-order valence-corrected chi connectivity index (χ1v) is 7.40. The van der Waals surface area contributed by atoms with Crippen LogP contribution in [0, 0.1) is 0 Å². The summed E-state index contributed by atoms with van der Waals surface area (Å²) >= 11 is 3.11. The number of anilines is 1. The Morgan fingerprint density at radius 3 is 2.38 bits per heavy atom. The monoisotopic (exact) mass is 357 g/mol. The minimum Gasteiger partial charge on any atom is -0.385 e. The molecule has 0 unspecified atom stereocenters. The van der Waals surface area contributed by atoms with E-state index in [1.165, 1.54) is 5.56 Å². The fourth-order valence-electron chi connectivity index (χ4n) is 2.03. The van der Waals surface area contributed by atoms with E-state index in [4.69, 9.17) is 0 Å². The summed E-state index contributed by atoms with van der Waals surface area (Å²) < 4.78 is 38.5. The van der Waals surface area contributed by atoms with Gasteiger partial charge in [0.15, 0.2) is 0 Å². The highest BCUT2D eigenvalue weighted by molar-refractivity contribution is 9.10. The van der Waals surface area contributed by atoms with Crippen LogP contribution >= 0.6 is 15.9 Å². The molecule has 0 aliphatic carbocycles. The maximum absolute atomic E-state index is 12.7. The smallest absolute Gasteiger partial charge is 0.385 e. The Hall–Kier alpha value is -1.49. The van der Waals surface area contributed by atoms with Gasteiger partial charge in [-0.3, -0.25) is 0 Å². The molecular weight excluding hydrogens is 343 g/mol. The summed E-state index contributed by atoms with van der Waals surface area (Å²) in [5, 5.41) is 3.04. The van der Waals surface area contributed by atoms with Crippen LogP contribution in [-0.2, 0) is 12.6 Å². The summed E-state index contributed by atoms with van der Waals surface area (Å²) in [6.45, 7) is 0.628. The van der Waals surface area contributed by atoms with Crippen molar-refractivity contribution in [1.29, 1.82) is 0 Å². The van der Waals surface area contributed by atoms with Crippen molar-refractivity contribution in [3.8, 4) is 0 Å².